The van der Waals surface area contributed by atoms with Gasteiger partial charge in [-0.3, -0.25) is 5.32 Å². The van der Waals surface area contributed by atoms with E-state index in [1.54, 1.807) is 6.92 Å². The van der Waals surface area contributed by atoms with Crippen molar-refractivity contribution in [1.29, 1.82) is 0 Å². The van der Waals surface area contributed by atoms with E-state index in [0.717, 1.165) is 0 Å². The van der Waals surface area contributed by atoms with Gasteiger partial charge < -0.3 is 4.74 Å². The molecule has 0 bridgehead atoms. The van der Waals surface area contributed by atoms with Crippen LogP contribution in [0.2, 0.25) is 10.0 Å². The Morgan fingerprint density at radius 1 is 1.47 bits per heavy atom. The number of nitrogens with one attached hydrogen (secondary N) is 1. The minimum Gasteiger partial charge on any atom is -0.450 e. The van der Waals surface area contributed by atoms with E-state index in [4.69, 9.17) is 23.2 Å². The first kappa shape index (κ1) is 12.1. The van der Waals surface area contributed by atoms with E-state index in [9.17, 15) is 9.18 Å². The molecule has 0 aliphatic carbocycles. The van der Waals surface area contributed by atoms with Crippen LogP contribution in [0.4, 0.5) is 14.9 Å². The number of ether oxygens (including phenoxy) is 1. The second-order valence-corrected chi connectivity index (χ2v) is 3.41. The Morgan fingerprint density at radius 2 is 2.00 bits per heavy atom. The monoisotopic (exact) mass is 251 g/mol. The van der Waals surface area contributed by atoms with E-state index < -0.39 is 11.9 Å². The third-order valence-corrected chi connectivity index (χ3v) is 2.06. The lowest BCUT2D eigenvalue weighted by Gasteiger charge is -2.06. The van der Waals surface area contributed by atoms with Crippen LogP contribution in [0.1, 0.15) is 6.92 Å². The number of hydrogen-bond donors (Lipinski definition) is 1. The van der Waals surface area contributed by atoms with Gasteiger partial charge in [0.15, 0.2) is 5.82 Å². The van der Waals surface area contributed by atoms with Crippen LogP contribution in [-0.4, -0.2) is 12.7 Å². The van der Waals surface area contributed by atoms with Crippen molar-refractivity contribution in [2.45, 2.75) is 6.92 Å². The molecule has 0 unspecified atom stereocenters. The zero-order valence-electron chi connectivity index (χ0n) is 7.81. The topological polar surface area (TPSA) is 38.3 Å². The molecule has 1 amide bonds. The van der Waals surface area contributed by atoms with Crippen molar-refractivity contribution in [1.82, 2.24) is 0 Å². The molecule has 1 aromatic carbocycles. The van der Waals surface area contributed by atoms with E-state index >= 15 is 0 Å². The number of rotatable bonds is 2. The van der Waals surface area contributed by atoms with Crippen LogP contribution in [0.5, 0.6) is 0 Å². The summed E-state index contributed by atoms with van der Waals surface area (Å²) in [5.41, 5.74) is 0.282. The first-order valence-electron chi connectivity index (χ1n) is 4.13. The van der Waals surface area contributed by atoms with Crippen LogP contribution in [-0.2, 0) is 4.74 Å². The average molecular weight is 252 g/mol. The Kier molecular flexibility index (Phi) is 4.17. The quantitative estimate of drug-likeness (QED) is 0.815. The summed E-state index contributed by atoms with van der Waals surface area (Å²) in [6.45, 7) is 1.92. The molecule has 0 radical (unpaired) electrons. The second-order valence-electron chi connectivity index (χ2n) is 2.60. The van der Waals surface area contributed by atoms with Crippen LogP contribution in [0, 0.1) is 5.82 Å². The van der Waals surface area contributed by atoms with E-state index in [-0.39, 0.29) is 22.3 Å². The molecule has 0 spiro atoms. The van der Waals surface area contributed by atoms with Gasteiger partial charge in [-0.15, -0.1) is 0 Å². The van der Waals surface area contributed by atoms with E-state index in [1.807, 2.05) is 0 Å². The van der Waals surface area contributed by atoms with Gasteiger partial charge in [0.25, 0.3) is 0 Å². The van der Waals surface area contributed by atoms with Crippen molar-refractivity contribution < 1.29 is 13.9 Å². The standard InChI is InChI=1S/C9H8Cl2FNO2/c1-2-15-9(14)13-5-3-6(10)8(12)7(11)4-5/h3-4H,2H2,1H3,(H,13,14). The summed E-state index contributed by atoms with van der Waals surface area (Å²) in [6, 6.07) is 2.50. The second kappa shape index (κ2) is 5.19. The largest absolute Gasteiger partial charge is 0.450 e. The smallest absolute Gasteiger partial charge is 0.411 e. The van der Waals surface area contributed by atoms with Gasteiger partial charge in [0.1, 0.15) is 0 Å². The molecule has 1 rings (SSSR count). The van der Waals surface area contributed by atoms with Gasteiger partial charge >= 0.3 is 6.09 Å². The summed E-state index contributed by atoms with van der Waals surface area (Å²) in [6.07, 6.45) is -0.642. The van der Waals surface area contributed by atoms with Gasteiger partial charge in [0.05, 0.1) is 16.7 Å². The molecule has 0 saturated heterocycles. The zero-order valence-corrected chi connectivity index (χ0v) is 9.32. The van der Waals surface area contributed by atoms with Gasteiger partial charge in [-0.1, -0.05) is 23.2 Å². The predicted octanol–water partition coefficient (Wildman–Crippen LogP) is 3.70. The Hall–Kier alpha value is -1.00. The van der Waals surface area contributed by atoms with Gasteiger partial charge in [0.2, 0.25) is 0 Å². The molecule has 0 aliphatic rings. The van der Waals surface area contributed by atoms with E-state index in [0.29, 0.717) is 0 Å². The van der Waals surface area contributed by atoms with E-state index in [1.165, 1.54) is 12.1 Å². The van der Waals surface area contributed by atoms with Crippen molar-refractivity contribution in [3.8, 4) is 0 Å². The Balaban J connectivity index is 2.83. The van der Waals surface area contributed by atoms with Crippen LogP contribution in [0.3, 0.4) is 0 Å². The Morgan fingerprint density at radius 3 is 2.47 bits per heavy atom. The highest BCUT2D eigenvalue weighted by Crippen LogP contribution is 2.27. The summed E-state index contributed by atoms with van der Waals surface area (Å²) >= 11 is 11.1. The van der Waals surface area contributed by atoms with Crippen molar-refractivity contribution in [2.75, 3.05) is 11.9 Å². The van der Waals surface area contributed by atoms with Crippen LogP contribution < -0.4 is 5.32 Å². The summed E-state index contributed by atoms with van der Waals surface area (Å²) < 4.78 is 17.6. The first-order chi connectivity index (χ1) is 7.04. The lowest BCUT2D eigenvalue weighted by atomic mass is 10.3. The lowest BCUT2D eigenvalue weighted by molar-refractivity contribution is 0.168. The number of halogens is 3. The van der Waals surface area contributed by atoms with Gasteiger partial charge in [-0.2, -0.15) is 0 Å². The summed E-state index contributed by atoms with van der Waals surface area (Å²) in [5, 5.41) is 2.04. The molecule has 1 aromatic rings. The predicted molar refractivity (Wildman–Crippen MR) is 57.1 cm³/mol. The fraction of sp³-hybridized carbons (Fsp3) is 0.222. The van der Waals surface area contributed by atoms with Crippen LogP contribution in [0.15, 0.2) is 12.1 Å². The fourth-order valence-electron chi connectivity index (χ4n) is 0.913. The molecule has 82 valence electrons. The molecule has 0 aliphatic heterocycles. The zero-order chi connectivity index (χ0) is 11.4. The third kappa shape index (κ3) is 3.25. The van der Waals surface area contributed by atoms with Crippen LogP contribution in [0.25, 0.3) is 0 Å². The van der Waals surface area contributed by atoms with Gasteiger partial charge in [-0.25, -0.2) is 9.18 Å². The number of amides is 1. The van der Waals surface area contributed by atoms with Crippen molar-refractivity contribution >= 4 is 35.0 Å². The molecule has 3 nitrogen and oxygen atoms in total. The minimum absolute atomic E-state index is 0.158. The van der Waals surface area contributed by atoms with Crippen molar-refractivity contribution in [3.05, 3.63) is 28.0 Å². The third-order valence-electron chi connectivity index (χ3n) is 1.51. The summed E-state index contributed by atoms with van der Waals surface area (Å²) in [4.78, 5) is 11.0. The first-order valence-corrected chi connectivity index (χ1v) is 4.88. The van der Waals surface area contributed by atoms with Crippen LogP contribution >= 0.6 is 23.2 Å². The molecule has 6 heteroatoms. The Labute approximate surface area is 96.1 Å². The molecule has 0 saturated carbocycles. The maximum Gasteiger partial charge on any atom is 0.411 e. The molecule has 0 heterocycles. The molecular weight excluding hydrogens is 244 g/mol. The minimum atomic E-state index is -0.715. The number of benzene rings is 1. The molecule has 15 heavy (non-hydrogen) atoms. The average Bonchev–Trinajstić information content (AvgIpc) is 2.14. The molecule has 0 aromatic heterocycles. The summed E-state index contributed by atoms with van der Waals surface area (Å²) in [5.74, 6) is -0.715. The lowest BCUT2D eigenvalue weighted by Crippen LogP contribution is -2.13. The maximum atomic E-state index is 13.0. The number of carbonyl (C=O) groups excluding carboxylic acids is 1. The van der Waals surface area contributed by atoms with Crippen molar-refractivity contribution in [2.24, 2.45) is 0 Å². The van der Waals surface area contributed by atoms with E-state index in [2.05, 4.69) is 10.1 Å². The highest BCUT2D eigenvalue weighted by Gasteiger charge is 2.09. The summed E-state index contributed by atoms with van der Waals surface area (Å²) in [7, 11) is 0. The highest BCUT2D eigenvalue weighted by molar-refractivity contribution is 6.35. The van der Waals surface area contributed by atoms with Crippen molar-refractivity contribution in [3.63, 3.8) is 0 Å². The molecule has 1 N–H and O–H groups in total. The highest BCUT2D eigenvalue weighted by atomic mass is 35.5. The molecule has 0 fully saturated rings. The number of anilines is 1. The fourth-order valence-corrected chi connectivity index (χ4v) is 1.40. The Bertz CT molecular complexity index is 361. The van der Waals surface area contributed by atoms with Gasteiger partial charge in [0, 0.05) is 5.69 Å². The number of hydrogen-bond acceptors (Lipinski definition) is 2. The molecular formula is C9H8Cl2FNO2. The number of carbonyl (C=O) groups is 1. The normalized spacial score (nSPS) is 9.87. The maximum absolute atomic E-state index is 13.0. The molecule has 0 atom stereocenters. The van der Waals surface area contributed by atoms with Gasteiger partial charge in [-0.05, 0) is 19.1 Å². The SMILES string of the molecule is CCOC(=O)Nc1cc(Cl)c(F)c(Cl)c1.